The first kappa shape index (κ1) is 27.9. The third-order valence-electron chi connectivity index (χ3n) is 6.65. The maximum atomic E-state index is 13.0. The highest BCUT2D eigenvalue weighted by Gasteiger charge is 2.32. The Bertz CT molecular complexity index is 837. The van der Waals surface area contributed by atoms with Gasteiger partial charge in [0.2, 0.25) is 5.78 Å². The van der Waals surface area contributed by atoms with E-state index in [9.17, 15) is 9.59 Å². The molecule has 0 unspecified atom stereocenters. The number of ether oxygens (including phenoxy) is 1. The quantitative estimate of drug-likeness (QED) is 0.176. The minimum atomic E-state index is -0.144. The summed E-state index contributed by atoms with van der Waals surface area (Å²) in [5.74, 6) is 0.214. The SMILES string of the molecule is CCCCCCCC/C=C/CCCCCCCCNC1=C(C)C(=O)c2cccc(OC)c2C1=O. The molecule has 0 atom stereocenters. The molecule has 2 rings (SSSR count). The molecule has 4 nitrogen and oxygen atoms in total. The fourth-order valence-corrected chi connectivity index (χ4v) is 4.53. The van der Waals surface area contributed by atoms with Gasteiger partial charge in [-0.1, -0.05) is 89.0 Å². The van der Waals surface area contributed by atoms with Crippen LogP contribution in [-0.4, -0.2) is 25.2 Å². The molecule has 1 aliphatic carbocycles. The largest absolute Gasteiger partial charge is 0.496 e. The topological polar surface area (TPSA) is 55.4 Å². The molecule has 0 heterocycles. The van der Waals surface area contributed by atoms with Crippen LogP contribution in [0.25, 0.3) is 0 Å². The van der Waals surface area contributed by atoms with E-state index in [4.69, 9.17) is 4.74 Å². The fourth-order valence-electron chi connectivity index (χ4n) is 4.53. The predicted molar refractivity (Wildman–Crippen MR) is 142 cm³/mol. The van der Waals surface area contributed by atoms with E-state index in [0.717, 1.165) is 12.8 Å². The third kappa shape index (κ3) is 8.77. The number of allylic oxidation sites excluding steroid dienone is 4. The highest BCUT2D eigenvalue weighted by atomic mass is 16.5. The average Bonchev–Trinajstić information content (AvgIpc) is 2.85. The van der Waals surface area contributed by atoms with Gasteiger partial charge in [-0.3, -0.25) is 9.59 Å². The smallest absolute Gasteiger partial charge is 0.213 e. The number of hydrogen-bond donors (Lipinski definition) is 1. The van der Waals surface area contributed by atoms with Crippen LogP contribution in [0.2, 0.25) is 0 Å². The highest BCUT2D eigenvalue weighted by molar-refractivity contribution is 6.27. The number of methoxy groups -OCH3 is 1. The lowest BCUT2D eigenvalue weighted by atomic mass is 9.87. The van der Waals surface area contributed by atoms with Gasteiger partial charge in [0.25, 0.3) is 0 Å². The summed E-state index contributed by atoms with van der Waals surface area (Å²) >= 11 is 0. The van der Waals surface area contributed by atoms with Gasteiger partial charge in [-0.05, 0) is 45.1 Å². The van der Waals surface area contributed by atoms with Gasteiger partial charge in [-0.25, -0.2) is 0 Å². The molecular weight excluding hydrogens is 422 g/mol. The fraction of sp³-hybridized carbons (Fsp3) is 0.600. The van der Waals surface area contributed by atoms with Crippen LogP contribution in [0.5, 0.6) is 5.75 Å². The molecule has 0 radical (unpaired) electrons. The van der Waals surface area contributed by atoms with E-state index in [1.165, 1.54) is 84.2 Å². The monoisotopic (exact) mass is 467 g/mol. The number of unbranched alkanes of at least 4 members (excludes halogenated alkanes) is 12. The van der Waals surface area contributed by atoms with Crippen molar-refractivity contribution in [2.24, 2.45) is 0 Å². The van der Waals surface area contributed by atoms with E-state index in [0.29, 0.717) is 34.7 Å². The Hall–Kier alpha value is -2.36. The molecule has 0 amide bonds. The van der Waals surface area contributed by atoms with Crippen molar-refractivity contribution in [3.8, 4) is 5.75 Å². The zero-order valence-corrected chi connectivity index (χ0v) is 21.7. The minimum absolute atomic E-state index is 0.1000. The third-order valence-corrected chi connectivity index (χ3v) is 6.65. The Morgan fingerprint density at radius 3 is 2.00 bits per heavy atom. The van der Waals surface area contributed by atoms with E-state index in [1.807, 2.05) is 0 Å². The molecule has 0 fully saturated rings. The van der Waals surface area contributed by atoms with E-state index < -0.39 is 0 Å². The standard InChI is InChI=1S/C30H45NO3/c1-4-5-6-7-8-9-10-11-12-13-14-15-16-17-18-19-23-31-28-24(2)29(32)25-21-20-22-26(34-3)27(25)30(28)33/h11-12,20-22,31H,4-10,13-19,23H2,1-3H3/b12-11+. The molecule has 0 saturated heterocycles. The molecule has 188 valence electrons. The Labute approximate surface area is 207 Å². The average molecular weight is 468 g/mol. The summed E-state index contributed by atoms with van der Waals surface area (Å²) in [6, 6.07) is 5.18. The highest BCUT2D eigenvalue weighted by Crippen LogP contribution is 2.31. The Kier molecular flexibility index (Phi) is 13.4. The lowest BCUT2D eigenvalue weighted by molar-refractivity contribution is 0.0966. The number of ketones is 2. The van der Waals surface area contributed by atoms with Gasteiger partial charge in [0, 0.05) is 17.7 Å². The van der Waals surface area contributed by atoms with Gasteiger partial charge in [0.15, 0.2) is 5.78 Å². The van der Waals surface area contributed by atoms with Crippen LogP contribution in [0.15, 0.2) is 41.6 Å². The molecule has 1 aromatic rings. The van der Waals surface area contributed by atoms with Crippen LogP contribution in [0, 0.1) is 0 Å². The molecule has 1 aromatic carbocycles. The Balaban J connectivity index is 1.55. The minimum Gasteiger partial charge on any atom is -0.496 e. The van der Waals surface area contributed by atoms with Crippen LogP contribution in [-0.2, 0) is 0 Å². The summed E-state index contributed by atoms with van der Waals surface area (Å²) in [6.45, 7) is 4.70. The first-order chi connectivity index (χ1) is 16.6. The number of hydrogen-bond acceptors (Lipinski definition) is 4. The van der Waals surface area contributed by atoms with Gasteiger partial charge in [0.05, 0.1) is 18.4 Å². The van der Waals surface area contributed by atoms with Gasteiger partial charge in [0.1, 0.15) is 5.75 Å². The number of carbonyl (C=O) groups is 2. The maximum absolute atomic E-state index is 13.0. The molecule has 34 heavy (non-hydrogen) atoms. The van der Waals surface area contributed by atoms with Gasteiger partial charge < -0.3 is 10.1 Å². The summed E-state index contributed by atoms with van der Waals surface area (Å²) in [5, 5.41) is 3.24. The van der Waals surface area contributed by atoms with Crippen LogP contribution in [0.3, 0.4) is 0 Å². The van der Waals surface area contributed by atoms with Crippen molar-refractivity contribution in [1.29, 1.82) is 0 Å². The first-order valence-electron chi connectivity index (χ1n) is 13.5. The second kappa shape index (κ2) is 16.3. The lowest BCUT2D eigenvalue weighted by Gasteiger charge is -2.21. The van der Waals surface area contributed by atoms with E-state index in [-0.39, 0.29) is 11.6 Å². The summed E-state index contributed by atoms with van der Waals surface area (Å²) in [4.78, 5) is 25.7. The van der Waals surface area contributed by atoms with E-state index in [2.05, 4.69) is 24.4 Å². The number of benzene rings is 1. The second-order valence-electron chi connectivity index (χ2n) is 9.41. The summed E-state index contributed by atoms with van der Waals surface area (Å²) in [7, 11) is 1.53. The molecule has 0 aromatic heterocycles. The molecule has 1 aliphatic rings. The predicted octanol–water partition coefficient (Wildman–Crippen LogP) is 7.98. The molecule has 0 saturated carbocycles. The number of carbonyl (C=O) groups excluding carboxylic acids is 2. The van der Waals surface area contributed by atoms with Gasteiger partial charge in [-0.2, -0.15) is 0 Å². The molecule has 4 heteroatoms. The Morgan fingerprint density at radius 1 is 0.794 bits per heavy atom. The zero-order valence-electron chi connectivity index (χ0n) is 21.7. The number of nitrogens with one attached hydrogen (secondary N) is 1. The van der Waals surface area contributed by atoms with Crippen molar-refractivity contribution in [3.63, 3.8) is 0 Å². The van der Waals surface area contributed by atoms with Crippen molar-refractivity contribution in [3.05, 3.63) is 52.7 Å². The van der Waals surface area contributed by atoms with Crippen molar-refractivity contribution < 1.29 is 14.3 Å². The van der Waals surface area contributed by atoms with E-state index in [1.54, 1.807) is 25.1 Å². The summed E-state index contributed by atoms with van der Waals surface area (Å²) < 4.78 is 5.33. The van der Waals surface area contributed by atoms with Crippen molar-refractivity contribution in [2.75, 3.05) is 13.7 Å². The Morgan fingerprint density at radius 2 is 1.38 bits per heavy atom. The first-order valence-corrected chi connectivity index (χ1v) is 13.5. The molecule has 0 bridgehead atoms. The summed E-state index contributed by atoms with van der Waals surface area (Å²) in [6.07, 6.45) is 22.5. The van der Waals surface area contributed by atoms with Crippen LogP contribution in [0.1, 0.15) is 124 Å². The van der Waals surface area contributed by atoms with Crippen LogP contribution in [0.4, 0.5) is 0 Å². The molecule has 1 N–H and O–H groups in total. The van der Waals surface area contributed by atoms with Crippen molar-refractivity contribution in [1.82, 2.24) is 5.32 Å². The zero-order chi connectivity index (χ0) is 24.6. The summed E-state index contributed by atoms with van der Waals surface area (Å²) in [5.41, 5.74) is 1.74. The van der Waals surface area contributed by atoms with Crippen molar-refractivity contribution in [2.45, 2.75) is 104 Å². The lowest BCUT2D eigenvalue weighted by Crippen LogP contribution is -2.30. The van der Waals surface area contributed by atoms with Crippen LogP contribution >= 0.6 is 0 Å². The van der Waals surface area contributed by atoms with E-state index >= 15 is 0 Å². The molecule has 0 spiro atoms. The number of rotatable bonds is 18. The number of fused-ring (bicyclic) bond motifs is 1. The second-order valence-corrected chi connectivity index (χ2v) is 9.41. The maximum Gasteiger partial charge on any atom is 0.213 e. The normalized spacial score (nSPS) is 13.6. The van der Waals surface area contributed by atoms with Crippen molar-refractivity contribution >= 4 is 11.6 Å². The molecular formula is C30H45NO3. The van der Waals surface area contributed by atoms with Gasteiger partial charge in [-0.15, -0.1) is 0 Å². The van der Waals surface area contributed by atoms with Gasteiger partial charge >= 0.3 is 0 Å². The van der Waals surface area contributed by atoms with Crippen LogP contribution < -0.4 is 10.1 Å². The number of Topliss-reactive ketones (excluding diaryl/α,β-unsaturated/α-hetero) is 2. The molecule has 0 aliphatic heterocycles.